The van der Waals surface area contributed by atoms with Crippen LogP contribution in [0.1, 0.15) is 18.0 Å². The molecule has 0 saturated carbocycles. The van der Waals surface area contributed by atoms with Crippen molar-refractivity contribution < 1.29 is 0 Å². The molecule has 0 N–H and O–H groups in total. The van der Waals surface area contributed by atoms with E-state index in [0.717, 1.165) is 18.7 Å². The quantitative estimate of drug-likeness (QED) is 0.661. The first-order valence-electron chi connectivity index (χ1n) is 5.56. The number of hydrogen-bond acceptors (Lipinski definition) is 3. The van der Waals surface area contributed by atoms with Crippen molar-refractivity contribution in [3.05, 3.63) is 39.2 Å². The van der Waals surface area contributed by atoms with E-state index in [1.807, 2.05) is 10.6 Å². The lowest BCUT2D eigenvalue weighted by molar-refractivity contribution is 0.122. The van der Waals surface area contributed by atoms with Crippen molar-refractivity contribution in [3.63, 3.8) is 0 Å². The molecule has 1 aromatic rings. The van der Waals surface area contributed by atoms with Crippen LogP contribution in [0.4, 0.5) is 0 Å². The molecule has 16 heavy (non-hydrogen) atoms. The van der Waals surface area contributed by atoms with E-state index < -0.39 is 0 Å². The Morgan fingerprint density at radius 1 is 1.25 bits per heavy atom. The number of nitroso groups, excluding NO2 is 1. The van der Waals surface area contributed by atoms with E-state index in [-0.39, 0.29) is 11.5 Å². The summed E-state index contributed by atoms with van der Waals surface area (Å²) in [5.41, 5.74) is 1.12. The number of fused-ring (bicyclic) bond motifs is 4. The number of aromatic nitrogens is 1. The first kappa shape index (κ1) is 9.57. The van der Waals surface area contributed by atoms with Gasteiger partial charge in [-0.3, -0.25) is 9.80 Å². The minimum absolute atomic E-state index is 0.0692. The summed E-state index contributed by atoms with van der Waals surface area (Å²) in [6.07, 6.45) is 1.06. The van der Waals surface area contributed by atoms with Crippen LogP contribution in [0.3, 0.4) is 0 Å². The number of hydrogen-bond donors (Lipinski definition) is 0. The van der Waals surface area contributed by atoms with Crippen molar-refractivity contribution in [3.8, 4) is 0 Å². The van der Waals surface area contributed by atoms with Crippen LogP contribution in [0.25, 0.3) is 0 Å². The van der Waals surface area contributed by atoms with Crippen molar-refractivity contribution in [2.24, 2.45) is 11.2 Å². The zero-order valence-corrected chi connectivity index (χ0v) is 8.87. The highest BCUT2D eigenvalue weighted by atomic mass is 16.3. The normalized spacial score (nSPS) is 27.4. The van der Waals surface area contributed by atoms with Crippen LogP contribution in [0, 0.1) is 10.8 Å². The maximum atomic E-state index is 11.7. The smallest absolute Gasteiger partial charge is 0.250 e. The average molecular weight is 219 g/mol. The highest BCUT2D eigenvalue weighted by Gasteiger charge is 2.34. The van der Waals surface area contributed by atoms with Gasteiger partial charge in [-0.05, 0) is 18.4 Å². The van der Waals surface area contributed by atoms with Gasteiger partial charge in [0.05, 0.1) is 5.29 Å². The molecular formula is C11H13N3O2. The van der Waals surface area contributed by atoms with Gasteiger partial charge in [0, 0.05) is 37.3 Å². The van der Waals surface area contributed by atoms with Crippen molar-refractivity contribution >= 4 is 0 Å². The minimum atomic E-state index is 0.0692. The molecule has 0 aromatic carbocycles. The fourth-order valence-electron chi connectivity index (χ4n) is 2.94. The summed E-state index contributed by atoms with van der Waals surface area (Å²) < 4.78 is 1.85. The molecule has 1 fully saturated rings. The maximum Gasteiger partial charge on any atom is 0.250 e. The molecule has 2 bridgehead atoms. The van der Waals surface area contributed by atoms with Crippen LogP contribution >= 0.6 is 0 Å². The third kappa shape index (κ3) is 1.35. The Hall–Kier alpha value is -1.65. The van der Waals surface area contributed by atoms with E-state index in [0.29, 0.717) is 19.0 Å². The van der Waals surface area contributed by atoms with Gasteiger partial charge in [0.15, 0.2) is 0 Å². The van der Waals surface area contributed by atoms with E-state index in [4.69, 9.17) is 0 Å². The number of nitrogens with zero attached hydrogens (tertiary/aromatic N) is 3. The van der Waals surface area contributed by atoms with Crippen LogP contribution in [-0.2, 0) is 6.54 Å². The van der Waals surface area contributed by atoms with E-state index in [2.05, 4.69) is 5.29 Å². The molecule has 0 spiro atoms. The second-order valence-electron chi connectivity index (χ2n) is 4.65. The summed E-state index contributed by atoms with van der Waals surface area (Å²) in [6, 6.07) is 5.37. The fraction of sp³-hybridized carbons (Fsp3) is 0.545. The molecule has 1 saturated heterocycles. The second kappa shape index (κ2) is 3.43. The predicted octanol–water partition coefficient (Wildman–Crippen LogP) is 0.949. The summed E-state index contributed by atoms with van der Waals surface area (Å²) in [4.78, 5) is 22.3. The van der Waals surface area contributed by atoms with Gasteiger partial charge in [0.1, 0.15) is 0 Å². The molecule has 3 heterocycles. The van der Waals surface area contributed by atoms with E-state index in [9.17, 15) is 9.70 Å². The van der Waals surface area contributed by atoms with Crippen LogP contribution in [0.15, 0.2) is 28.3 Å². The molecule has 0 unspecified atom stereocenters. The van der Waals surface area contributed by atoms with Gasteiger partial charge in [-0.15, -0.1) is 4.91 Å². The molecule has 5 heteroatoms. The molecule has 3 rings (SSSR count). The van der Waals surface area contributed by atoms with Crippen LogP contribution in [0.5, 0.6) is 0 Å². The molecule has 0 radical (unpaired) electrons. The Balaban J connectivity index is 2.05. The van der Waals surface area contributed by atoms with Crippen LogP contribution in [0.2, 0.25) is 0 Å². The summed E-state index contributed by atoms with van der Waals surface area (Å²) in [5.74, 6) is 0.656. The van der Waals surface area contributed by atoms with Gasteiger partial charge >= 0.3 is 0 Å². The lowest BCUT2D eigenvalue weighted by atomic mass is 9.84. The van der Waals surface area contributed by atoms with Crippen LogP contribution < -0.4 is 5.56 Å². The Bertz CT molecular complexity index is 482. The monoisotopic (exact) mass is 219 g/mol. The summed E-state index contributed by atoms with van der Waals surface area (Å²) in [6.45, 7) is 2.04. The maximum absolute atomic E-state index is 11.7. The molecule has 2 atom stereocenters. The second-order valence-corrected chi connectivity index (χ2v) is 4.65. The zero-order chi connectivity index (χ0) is 11.1. The Kier molecular flexibility index (Phi) is 2.05. The highest BCUT2D eigenvalue weighted by Crippen LogP contribution is 2.34. The first-order valence-corrected chi connectivity index (χ1v) is 5.56. The number of rotatable bonds is 1. The van der Waals surface area contributed by atoms with Gasteiger partial charge in [-0.1, -0.05) is 6.07 Å². The van der Waals surface area contributed by atoms with Crippen molar-refractivity contribution in [2.45, 2.75) is 18.9 Å². The number of piperidine rings is 1. The van der Waals surface area contributed by atoms with E-state index >= 15 is 0 Å². The highest BCUT2D eigenvalue weighted by molar-refractivity contribution is 5.16. The fourth-order valence-corrected chi connectivity index (χ4v) is 2.94. The molecule has 1 aromatic heterocycles. The van der Waals surface area contributed by atoms with Crippen LogP contribution in [-0.4, -0.2) is 22.7 Å². The summed E-state index contributed by atoms with van der Waals surface area (Å²) in [5, 5.41) is 4.60. The van der Waals surface area contributed by atoms with Gasteiger partial charge in [0.2, 0.25) is 0 Å². The average Bonchev–Trinajstić information content (AvgIpc) is 2.30. The van der Waals surface area contributed by atoms with Gasteiger partial charge in [0.25, 0.3) is 5.56 Å². The molecule has 5 nitrogen and oxygen atoms in total. The van der Waals surface area contributed by atoms with E-state index in [1.54, 1.807) is 17.1 Å². The Morgan fingerprint density at radius 3 is 2.94 bits per heavy atom. The SMILES string of the molecule is O=NN1C[C@@H]2C[C@H](C1)c1cccc(=O)n1C2. The van der Waals surface area contributed by atoms with Crippen molar-refractivity contribution in [2.75, 3.05) is 13.1 Å². The molecule has 2 aliphatic rings. The standard InChI is InChI=1S/C11H13N3O2/c15-11-3-1-2-10-9-4-8(6-14(10)11)5-13(7-9)12-16/h1-3,8-9H,4-7H2/t8-,9+/m0/s1. The minimum Gasteiger partial charge on any atom is -0.312 e. The largest absolute Gasteiger partial charge is 0.312 e. The molecule has 84 valence electrons. The van der Waals surface area contributed by atoms with Crippen molar-refractivity contribution in [1.82, 2.24) is 9.58 Å². The van der Waals surface area contributed by atoms with Gasteiger partial charge in [-0.25, -0.2) is 0 Å². The third-order valence-corrected chi connectivity index (χ3v) is 3.58. The zero-order valence-electron chi connectivity index (χ0n) is 8.87. The van der Waals surface area contributed by atoms with E-state index in [1.165, 1.54) is 0 Å². The summed E-state index contributed by atoms with van der Waals surface area (Å²) in [7, 11) is 0. The summed E-state index contributed by atoms with van der Waals surface area (Å²) >= 11 is 0. The third-order valence-electron chi connectivity index (χ3n) is 3.58. The lowest BCUT2D eigenvalue weighted by Gasteiger charge is -2.40. The molecule has 0 amide bonds. The predicted molar refractivity (Wildman–Crippen MR) is 58.9 cm³/mol. The lowest BCUT2D eigenvalue weighted by Crippen LogP contribution is -2.44. The Labute approximate surface area is 92.6 Å². The van der Waals surface area contributed by atoms with Gasteiger partial charge < -0.3 is 4.57 Å². The molecular weight excluding hydrogens is 206 g/mol. The number of pyridine rings is 1. The van der Waals surface area contributed by atoms with Gasteiger partial charge in [-0.2, -0.15) is 0 Å². The topological polar surface area (TPSA) is 54.7 Å². The molecule has 2 aliphatic heterocycles. The first-order chi connectivity index (χ1) is 7.78. The molecule has 0 aliphatic carbocycles. The Morgan fingerprint density at radius 2 is 2.12 bits per heavy atom. The van der Waals surface area contributed by atoms with Crippen molar-refractivity contribution in [1.29, 1.82) is 0 Å².